The van der Waals surface area contributed by atoms with Gasteiger partial charge in [0, 0.05) is 17.7 Å². The van der Waals surface area contributed by atoms with Crippen molar-refractivity contribution < 1.29 is 35.8 Å². The zero-order valence-corrected chi connectivity index (χ0v) is 17.9. The Morgan fingerprint density at radius 3 is 2.41 bits per heavy atom. The molecule has 168 valence electrons. The molecule has 0 fully saturated rings. The van der Waals surface area contributed by atoms with E-state index < -0.39 is 27.5 Å². The molecule has 10 heteroatoms. The van der Waals surface area contributed by atoms with Crippen molar-refractivity contribution in [3.63, 3.8) is 0 Å². The highest BCUT2D eigenvalue weighted by atomic mass is 32.2. The molecule has 0 N–H and O–H groups in total. The highest BCUT2D eigenvalue weighted by Gasteiger charge is 2.31. The van der Waals surface area contributed by atoms with Gasteiger partial charge in [0.2, 0.25) is 0 Å². The standard InChI is InChI=1S/C22H18F3NO5S/c1-29-20-12-15(4-5-17(20)24)32(27,28)26-7-8-31-19-6-3-13(9-18(19)26)16-10-14(23)11-21(30-2)22(16)25/h3-6,9-12H,7-8H2,1-2H3. The normalized spacial score (nSPS) is 13.3. The molecule has 1 heterocycles. The molecule has 1 aliphatic rings. The van der Waals surface area contributed by atoms with Gasteiger partial charge >= 0.3 is 0 Å². The van der Waals surface area contributed by atoms with Crippen LogP contribution in [0.4, 0.5) is 18.9 Å². The highest BCUT2D eigenvalue weighted by Crippen LogP contribution is 2.40. The number of benzene rings is 3. The molecular formula is C22H18F3NO5S. The zero-order valence-electron chi connectivity index (χ0n) is 17.1. The van der Waals surface area contributed by atoms with Crippen LogP contribution >= 0.6 is 0 Å². The van der Waals surface area contributed by atoms with Crippen molar-refractivity contribution in [3.05, 3.63) is 66.0 Å². The van der Waals surface area contributed by atoms with Crippen LogP contribution in [0.2, 0.25) is 0 Å². The Balaban J connectivity index is 1.83. The lowest BCUT2D eigenvalue weighted by molar-refractivity contribution is 0.316. The van der Waals surface area contributed by atoms with E-state index in [9.17, 15) is 21.6 Å². The van der Waals surface area contributed by atoms with Crippen molar-refractivity contribution in [1.29, 1.82) is 0 Å². The average Bonchev–Trinajstić information content (AvgIpc) is 2.79. The molecule has 0 aliphatic carbocycles. The van der Waals surface area contributed by atoms with Crippen molar-refractivity contribution in [3.8, 4) is 28.4 Å². The van der Waals surface area contributed by atoms with Gasteiger partial charge in [0.15, 0.2) is 23.1 Å². The first kappa shape index (κ1) is 21.8. The first-order chi connectivity index (χ1) is 15.3. The number of methoxy groups -OCH3 is 2. The summed E-state index contributed by atoms with van der Waals surface area (Å²) in [5.41, 5.74) is 0.261. The van der Waals surface area contributed by atoms with E-state index in [4.69, 9.17) is 14.2 Å². The van der Waals surface area contributed by atoms with E-state index >= 15 is 0 Å². The number of sulfonamides is 1. The summed E-state index contributed by atoms with van der Waals surface area (Å²) in [5.74, 6) is -2.45. The molecule has 1 aliphatic heterocycles. The van der Waals surface area contributed by atoms with E-state index in [1.807, 2.05) is 0 Å². The van der Waals surface area contributed by atoms with Crippen molar-refractivity contribution in [1.82, 2.24) is 0 Å². The number of hydrogen-bond acceptors (Lipinski definition) is 5. The lowest BCUT2D eigenvalue weighted by Gasteiger charge is -2.31. The molecule has 6 nitrogen and oxygen atoms in total. The van der Waals surface area contributed by atoms with Crippen LogP contribution in [0.15, 0.2) is 53.4 Å². The van der Waals surface area contributed by atoms with Crippen molar-refractivity contribution in [2.75, 3.05) is 31.7 Å². The van der Waals surface area contributed by atoms with Gasteiger partial charge in [-0.15, -0.1) is 0 Å². The Bertz CT molecular complexity index is 1300. The smallest absolute Gasteiger partial charge is 0.264 e. The molecule has 3 aromatic carbocycles. The molecule has 32 heavy (non-hydrogen) atoms. The van der Waals surface area contributed by atoms with E-state index in [0.717, 1.165) is 34.6 Å². The molecule has 0 radical (unpaired) electrons. The highest BCUT2D eigenvalue weighted by molar-refractivity contribution is 7.92. The predicted molar refractivity (Wildman–Crippen MR) is 111 cm³/mol. The van der Waals surface area contributed by atoms with Gasteiger partial charge in [-0.1, -0.05) is 6.07 Å². The van der Waals surface area contributed by atoms with Gasteiger partial charge in [0.25, 0.3) is 10.0 Å². The van der Waals surface area contributed by atoms with Gasteiger partial charge in [0.05, 0.1) is 31.3 Å². The maximum Gasteiger partial charge on any atom is 0.264 e. The van der Waals surface area contributed by atoms with E-state index in [1.165, 1.54) is 32.4 Å². The quantitative estimate of drug-likeness (QED) is 0.560. The molecule has 0 atom stereocenters. The second kappa shape index (κ2) is 8.27. The van der Waals surface area contributed by atoms with E-state index in [1.54, 1.807) is 0 Å². The summed E-state index contributed by atoms with van der Waals surface area (Å²) in [5, 5.41) is 0. The predicted octanol–water partition coefficient (Wildman–Crippen LogP) is 4.38. The monoisotopic (exact) mass is 465 g/mol. The molecule has 0 aromatic heterocycles. The van der Waals surface area contributed by atoms with Crippen molar-refractivity contribution in [2.45, 2.75) is 4.90 Å². The lowest BCUT2D eigenvalue weighted by atomic mass is 10.0. The topological polar surface area (TPSA) is 65.1 Å². The molecule has 0 saturated carbocycles. The Morgan fingerprint density at radius 2 is 1.69 bits per heavy atom. The van der Waals surface area contributed by atoms with Crippen LogP contribution in [-0.4, -0.2) is 35.8 Å². The maximum absolute atomic E-state index is 14.8. The van der Waals surface area contributed by atoms with Gasteiger partial charge in [0.1, 0.15) is 18.2 Å². The molecular weight excluding hydrogens is 447 g/mol. The van der Waals surface area contributed by atoms with Gasteiger partial charge < -0.3 is 14.2 Å². The summed E-state index contributed by atoms with van der Waals surface area (Å²) in [4.78, 5) is -0.187. The first-order valence-corrected chi connectivity index (χ1v) is 10.9. The van der Waals surface area contributed by atoms with Crippen LogP contribution in [0.5, 0.6) is 17.2 Å². The number of hydrogen-bond donors (Lipinski definition) is 0. The minimum atomic E-state index is -4.14. The Hall–Kier alpha value is -3.40. The number of anilines is 1. The van der Waals surface area contributed by atoms with Gasteiger partial charge in [-0.3, -0.25) is 4.31 Å². The average molecular weight is 465 g/mol. The first-order valence-electron chi connectivity index (χ1n) is 9.43. The third-order valence-electron chi connectivity index (χ3n) is 5.03. The van der Waals surface area contributed by atoms with E-state index in [-0.39, 0.29) is 52.1 Å². The fourth-order valence-corrected chi connectivity index (χ4v) is 4.93. The number of rotatable bonds is 5. The largest absolute Gasteiger partial charge is 0.494 e. The van der Waals surface area contributed by atoms with Crippen LogP contribution in [0.25, 0.3) is 11.1 Å². The van der Waals surface area contributed by atoms with Crippen molar-refractivity contribution >= 4 is 15.7 Å². The van der Waals surface area contributed by atoms with Crippen LogP contribution < -0.4 is 18.5 Å². The summed E-state index contributed by atoms with van der Waals surface area (Å²) in [7, 11) is -1.70. The van der Waals surface area contributed by atoms with Gasteiger partial charge in [-0.2, -0.15) is 0 Å². The number of nitrogens with zero attached hydrogens (tertiary/aromatic N) is 1. The molecule has 0 unspecified atom stereocenters. The van der Waals surface area contributed by atoms with Crippen molar-refractivity contribution in [2.24, 2.45) is 0 Å². The van der Waals surface area contributed by atoms with Crippen LogP contribution in [-0.2, 0) is 10.0 Å². The molecule has 0 bridgehead atoms. The Morgan fingerprint density at radius 1 is 0.938 bits per heavy atom. The zero-order chi connectivity index (χ0) is 23.0. The minimum Gasteiger partial charge on any atom is -0.494 e. The summed E-state index contributed by atoms with van der Waals surface area (Å²) < 4.78 is 85.6. The number of ether oxygens (including phenoxy) is 3. The summed E-state index contributed by atoms with van der Waals surface area (Å²) in [6, 6.07) is 9.49. The molecule has 0 amide bonds. The van der Waals surface area contributed by atoms with Gasteiger partial charge in [-0.05, 0) is 35.9 Å². The van der Waals surface area contributed by atoms with Crippen LogP contribution in [0, 0.1) is 17.5 Å². The lowest BCUT2D eigenvalue weighted by Crippen LogP contribution is -2.38. The second-order valence-electron chi connectivity index (χ2n) is 6.87. The molecule has 3 aromatic rings. The Kier molecular flexibility index (Phi) is 5.64. The van der Waals surface area contributed by atoms with Crippen LogP contribution in [0.3, 0.4) is 0 Å². The fourth-order valence-electron chi connectivity index (χ4n) is 3.46. The Labute approximate surface area is 182 Å². The summed E-state index contributed by atoms with van der Waals surface area (Å²) in [6.45, 7) is 0.0412. The molecule has 0 spiro atoms. The van der Waals surface area contributed by atoms with Gasteiger partial charge in [-0.25, -0.2) is 21.6 Å². The SMILES string of the molecule is COc1cc(S(=O)(=O)N2CCOc3ccc(-c4cc(F)cc(OC)c4F)cc32)ccc1F. The van der Waals surface area contributed by atoms with E-state index in [2.05, 4.69) is 0 Å². The molecule has 4 rings (SSSR count). The number of halogens is 3. The summed E-state index contributed by atoms with van der Waals surface area (Å²) >= 11 is 0. The molecule has 0 saturated heterocycles. The number of fused-ring (bicyclic) bond motifs is 1. The minimum absolute atomic E-state index is 0.0343. The fraction of sp³-hybridized carbons (Fsp3) is 0.182. The van der Waals surface area contributed by atoms with Crippen LogP contribution in [0.1, 0.15) is 0 Å². The third-order valence-corrected chi connectivity index (χ3v) is 6.83. The second-order valence-corrected chi connectivity index (χ2v) is 8.74. The van der Waals surface area contributed by atoms with E-state index in [0.29, 0.717) is 0 Å². The summed E-state index contributed by atoms with van der Waals surface area (Å²) in [6.07, 6.45) is 0. The maximum atomic E-state index is 14.8. The third kappa shape index (κ3) is 3.70.